The van der Waals surface area contributed by atoms with Crippen molar-refractivity contribution in [2.75, 3.05) is 0 Å². The maximum absolute atomic E-state index is 5.38. The Hall–Kier alpha value is -6.58. The predicted octanol–water partition coefficient (Wildman–Crippen LogP) is 13.2. The highest BCUT2D eigenvalue weighted by Gasteiger charge is 2.36. The third-order valence-corrected chi connectivity index (χ3v) is 12.4. The van der Waals surface area contributed by atoms with E-state index in [1.165, 1.54) is 66.3 Å². The molecule has 9 aromatic rings. The molecule has 0 saturated carbocycles. The van der Waals surface area contributed by atoms with E-state index in [1.807, 2.05) is 0 Å². The fourth-order valence-corrected chi connectivity index (χ4v) is 9.58. The van der Waals surface area contributed by atoms with Crippen LogP contribution in [0.1, 0.15) is 49.9 Å². The van der Waals surface area contributed by atoms with Crippen molar-refractivity contribution in [3.05, 3.63) is 186 Å². The number of rotatable bonds is 4. The summed E-state index contributed by atoms with van der Waals surface area (Å²) < 4.78 is 2.36. The van der Waals surface area contributed by atoms with Crippen LogP contribution in [0, 0.1) is 0 Å². The molecule has 2 aromatic heterocycles. The van der Waals surface area contributed by atoms with E-state index >= 15 is 0 Å². The summed E-state index contributed by atoms with van der Waals surface area (Å²) in [6.45, 7) is 9.34. The standard InChI is InChI=1S/C52H39N3/c1-51(2)42-20-9-5-16-36(42)38-26-24-32(29-44(38)51)46-31-47(33-25-27-39-37-17-6-10-21-43(37)52(3,4)45(39)30-33)54-50(53-46)34-14-13-15-35(28-34)55-48-22-11-7-18-40(48)41-19-8-12-23-49(41)55/h5-31H,1-4H3. The van der Waals surface area contributed by atoms with E-state index in [9.17, 15) is 0 Å². The second-order valence-corrected chi connectivity index (χ2v) is 16.2. The van der Waals surface area contributed by atoms with Gasteiger partial charge in [0.25, 0.3) is 0 Å². The lowest BCUT2D eigenvalue weighted by Crippen LogP contribution is -2.15. The molecular formula is C52H39N3. The van der Waals surface area contributed by atoms with Crippen molar-refractivity contribution >= 4 is 21.8 Å². The highest BCUT2D eigenvalue weighted by molar-refractivity contribution is 6.09. The van der Waals surface area contributed by atoms with Crippen molar-refractivity contribution in [1.29, 1.82) is 0 Å². The molecule has 0 atom stereocenters. The van der Waals surface area contributed by atoms with Crippen LogP contribution in [0.5, 0.6) is 0 Å². The number of fused-ring (bicyclic) bond motifs is 9. The molecule has 0 bridgehead atoms. The average molecular weight is 706 g/mol. The predicted molar refractivity (Wildman–Crippen MR) is 228 cm³/mol. The average Bonchev–Trinajstić information content (AvgIpc) is 3.77. The van der Waals surface area contributed by atoms with Gasteiger partial charge in [0.1, 0.15) is 0 Å². The molecule has 3 heteroatoms. The summed E-state index contributed by atoms with van der Waals surface area (Å²) in [6, 6.07) is 59.6. The summed E-state index contributed by atoms with van der Waals surface area (Å²) in [6.07, 6.45) is 0. The van der Waals surface area contributed by atoms with E-state index in [0.717, 1.165) is 33.8 Å². The largest absolute Gasteiger partial charge is 0.309 e. The first-order valence-electron chi connectivity index (χ1n) is 19.2. The summed E-state index contributed by atoms with van der Waals surface area (Å²) in [5, 5.41) is 2.49. The van der Waals surface area contributed by atoms with Crippen molar-refractivity contribution in [2.24, 2.45) is 0 Å². The number of para-hydroxylation sites is 2. The van der Waals surface area contributed by atoms with Gasteiger partial charge in [-0.25, -0.2) is 9.97 Å². The van der Waals surface area contributed by atoms with Gasteiger partial charge < -0.3 is 4.57 Å². The second kappa shape index (κ2) is 11.5. The van der Waals surface area contributed by atoms with Crippen molar-refractivity contribution in [3.8, 4) is 61.8 Å². The molecule has 0 saturated heterocycles. The molecule has 0 aliphatic heterocycles. The molecule has 0 spiro atoms. The summed E-state index contributed by atoms with van der Waals surface area (Å²) in [5.41, 5.74) is 18.9. The fourth-order valence-electron chi connectivity index (χ4n) is 9.58. The highest BCUT2D eigenvalue weighted by atomic mass is 15.0. The zero-order valence-corrected chi connectivity index (χ0v) is 31.4. The van der Waals surface area contributed by atoms with Crippen LogP contribution < -0.4 is 0 Å². The van der Waals surface area contributed by atoms with Gasteiger partial charge in [-0.2, -0.15) is 0 Å². The Kier molecular flexibility index (Phi) is 6.65. The van der Waals surface area contributed by atoms with Crippen molar-refractivity contribution in [3.63, 3.8) is 0 Å². The minimum atomic E-state index is -0.113. The smallest absolute Gasteiger partial charge is 0.160 e. The maximum atomic E-state index is 5.38. The van der Waals surface area contributed by atoms with Gasteiger partial charge in [-0.05, 0) is 87.0 Å². The molecule has 2 heterocycles. The van der Waals surface area contributed by atoms with Crippen molar-refractivity contribution in [2.45, 2.75) is 38.5 Å². The molecule has 0 radical (unpaired) electrons. The third kappa shape index (κ3) is 4.63. The van der Waals surface area contributed by atoms with E-state index in [4.69, 9.17) is 9.97 Å². The van der Waals surface area contributed by atoms with Gasteiger partial charge >= 0.3 is 0 Å². The molecule has 11 rings (SSSR count). The molecule has 3 nitrogen and oxygen atoms in total. The molecular weight excluding hydrogens is 667 g/mol. The number of aromatic nitrogens is 3. The van der Waals surface area contributed by atoms with Gasteiger partial charge in [0.15, 0.2) is 5.82 Å². The molecule has 2 aliphatic rings. The molecule has 262 valence electrons. The zero-order chi connectivity index (χ0) is 37.1. The van der Waals surface area contributed by atoms with E-state index in [-0.39, 0.29) is 10.8 Å². The van der Waals surface area contributed by atoms with Crippen LogP contribution in [-0.4, -0.2) is 14.5 Å². The quantitative estimate of drug-likeness (QED) is 0.182. The van der Waals surface area contributed by atoms with Crippen LogP contribution in [-0.2, 0) is 10.8 Å². The lowest BCUT2D eigenvalue weighted by molar-refractivity contribution is 0.660. The van der Waals surface area contributed by atoms with Crippen LogP contribution in [0.4, 0.5) is 0 Å². The minimum absolute atomic E-state index is 0.113. The monoisotopic (exact) mass is 705 g/mol. The number of nitrogens with zero attached hydrogens (tertiary/aromatic N) is 3. The highest BCUT2D eigenvalue weighted by Crippen LogP contribution is 2.51. The van der Waals surface area contributed by atoms with Gasteiger partial charge in [-0.15, -0.1) is 0 Å². The second-order valence-electron chi connectivity index (χ2n) is 16.2. The lowest BCUT2D eigenvalue weighted by Gasteiger charge is -2.22. The number of hydrogen-bond donors (Lipinski definition) is 0. The van der Waals surface area contributed by atoms with Gasteiger partial charge in [0.05, 0.1) is 22.4 Å². The van der Waals surface area contributed by atoms with E-state index in [1.54, 1.807) is 0 Å². The Morgan fingerprint density at radius 2 is 0.855 bits per heavy atom. The zero-order valence-electron chi connectivity index (χ0n) is 31.4. The first-order valence-corrected chi connectivity index (χ1v) is 19.2. The van der Waals surface area contributed by atoms with E-state index in [2.05, 4.69) is 196 Å². The Bertz CT molecular complexity index is 2870. The molecule has 0 unspecified atom stereocenters. The first kappa shape index (κ1) is 31.9. The van der Waals surface area contributed by atoms with Crippen LogP contribution >= 0.6 is 0 Å². The Balaban J connectivity index is 1.11. The molecule has 0 amide bonds. The van der Waals surface area contributed by atoms with Crippen LogP contribution in [0.15, 0.2) is 164 Å². The summed E-state index contributed by atoms with van der Waals surface area (Å²) in [4.78, 5) is 10.8. The van der Waals surface area contributed by atoms with Gasteiger partial charge in [-0.1, -0.05) is 149 Å². The van der Waals surface area contributed by atoms with Crippen LogP contribution in [0.3, 0.4) is 0 Å². The van der Waals surface area contributed by atoms with Gasteiger partial charge in [0, 0.05) is 44.0 Å². The summed E-state index contributed by atoms with van der Waals surface area (Å²) in [7, 11) is 0. The van der Waals surface area contributed by atoms with Crippen molar-refractivity contribution in [1.82, 2.24) is 14.5 Å². The van der Waals surface area contributed by atoms with Gasteiger partial charge in [0.2, 0.25) is 0 Å². The normalized spacial score (nSPS) is 14.5. The molecule has 55 heavy (non-hydrogen) atoms. The molecule has 0 fully saturated rings. The van der Waals surface area contributed by atoms with E-state index < -0.39 is 0 Å². The molecule has 0 N–H and O–H groups in total. The van der Waals surface area contributed by atoms with E-state index in [0.29, 0.717) is 5.82 Å². The topological polar surface area (TPSA) is 30.7 Å². The summed E-state index contributed by atoms with van der Waals surface area (Å²) in [5.74, 6) is 0.709. The Morgan fingerprint density at radius 1 is 0.382 bits per heavy atom. The molecule has 2 aliphatic carbocycles. The first-order chi connectivity index (χ1) is 26.8. The molecule has 7 aromatic carbocycles. The SMILES string of the molecule is CC1(C)c2ccccc2-c2ccc(-c3cc(-c4ccc5c(c4)C(C)(C)c4ccccc4-5)nc(-c4cccc(-n5c6ccccc6c6ccccc65)c4)n3)cc21. The summed E-state index contributed by atoms with van der Waals surface area (Å²) >= 11 is 0. The van der Waals surface area contributed by atoms with Crippen molar-refractivity contribution < 1.29 is 0 Å². The Morgan fingerprint density at radius 3 is 1.40 bits per heavy atom. The van der Waals surface area contributed by atoms with Crippen LogP contribution in [0.2, 0.25) is 0 Å². The third-order valence-electron chi connectivity index (χ3n) is 12.4. The number of hydrogen-bond acceptors (Lipinski definition) is 2. The minimum Gasteiger partial charge on any atom is -0.309 e. The lowest BCUT2D eigenvalue weighted by atomic mass is 9.81. The Labute approximate surface area is 321 Å². The van der Waals surface area contributed by atoms with Crippen LogP contribution in [0.25, 0.3) is 83.6 Å². The van der Waals surface area contributed by atoms with Gasteiger partial charge in [-0.3, -0.25) is 0 Å². The fraction of sp³-hybridized carbons (Fsp3) is 0.115. The number of benzene rings is 7. The maximum Gasteiger partial charge on any atom is 0.160 e.